The van der Waals surface area contributed by atoms with Crippen molar-refractivity contribution in [3.05, 3.63) is 12.2 Å². The van der Waals surface area contributed by atoms with Gasteiger partial charge in [0.1, 0.15) is 12.2 Å². The molecule has 2 unspecified atom stereocenters. The third-order valence-corrected chi connectivity index (χ3v) is 5.91. The Hall–Kier alpha value is -0.200. The Morgan fingerprint density at radius 3 is 3.00 bits per heavy atom. The van der Waals surface area contributed by atoms with Gasteiger partial charge in [0.2, 0.25) is 0 Å². The van der Waals surface area contributed by atoms with Crippen molar-refractivity contribution in [2.24, 2.45) is 11.7 Å². The largest absolute Gasteiger partial charge is 0.326 e. The summed E-state index contributed by atoms with van der Waals surface area (Å²) in [5, 5.41) is 4.86. The highest BCUT2D eigenvalue weighted by molar-refractivity contribution is 8.06. The minimum Gasteiger partial charge on any atom is -0.326 e. The molecule has 0 aliphatic carbocycles. The molecule has 6 heteroatoms. The van der Waals surface area contributed by atoms with Gasteiger partial charge in [-0.3, -0.25) is 0 Å². The number of rotatable bonds is 5. The number of nitrogens with two attached hydrogens (primary N) is 1. The Morgan fingerprint density at radius 2 is 2.33 bits per heavy atom. The Balaban J connectivity index is 1.93. The topological polar surface area (TPSA) is 56.7 Å². The Kier molecular flexibility index (Phi) is 5.38. The zero-order valence-electron chi connectivity index (χ0n) is 11.1. The molecule has 1 aromatic heterocycles. The normalized spacial score (nSPS) is 22.3. The maximum absolute atomic E-state index is 6.32. The van der Waals surface area contributed by atoms with Gasteiger partial charge in [-0.1, -0.05) is 13.8 Å². The van der Waals surface area contributed by atoms with Crippen molar-refractivity contribution in [3.63, 3.8) is 0 Å². The number of thioether (sulfide) groups is 2. The first-order valence-corrected chi connectivity index (χ1v) is 8.68. The fourth-order valence-electron chi connectivity index (χ4n) is 2.04. The van der Waals surface area contributed by atoms with E-state index in [2.05, 4.69) is 23.9 Å². The Morgan fingerprint density at radius 1 is 1.50 bits per heavy atom. The van der Waals surface area contributed by atoms with E-state index in [0.29, 0.717) is 11.2 Å². The fraction of sp³-hybridized carbons (Fsp3) is 0.833. The molecule has 0 aromatic carbocycles. The first-order valence-electron chi connectivity index (χ1n) is 6.48. The monoisotopic (exact) mass is 286 g/mol. The average Bonchev–Trinajstić information content (AvgIpc) is 2.77. The van der Waals surface area contributed by atoms with Gasteiger partial charge in [-0.15, -0.1) is 0 Å². The lowest BCUT2D eigenvalue weighted by Crippen LogP contribution is -2.39. The third-order valence-electron chi connectivity index (χ3n) is 2.97. The second kappa shape index (κ2) is 6.82. The molecule has 102 valence electrons. The van der Waals surface area contributed by atoms with E-state index in [1.54, 1.807) is 6.33 Å². The molecule has 0 amide bonds. The van der Waals surface area contributed by atoms with Gasteiger partial charge in [-0.2, -0.15) is 28.6 Å². The molecule has 2 heterocycles. The van der Waals surface area contributed by atoms with Crippen LogP contribution in [0, 0.1) is 5.92 Å². The van der Waals surface area contributed by atoms with Gasteiger partial charge in [0.25, 0.3) is 0 Å². The fourth-order valence-corrected chi connectivity index (χ4v) is 4.86. The molecular weight excluding hydrogens is 264 g/mol. The highest BCUT2D eigenvalue weighted by Crippen LogP contribution is 2.26. The van der Waals surface area contributed by atoms with Crippen LogP contribution in [0.15, 0.2) is 6.33 Å². The molecule has 0 radical (unpaired) electrons. The summed E-state index contributed by atoms with van der Waals surface area (Å²) in [5.41, 5.74) is 6.32. The van der Waals surface area contributed by atoms with Crippen molar-refractivity contribution < 1.29 is 0 Å². The van der Waals surface area contributed by atoms with Crippen LogP contribution in [0.3, 0.4) is 0 Å². The zero-order valence-corrected chi connectivity index (χ0v) is 12.7. The second-order valence-electron chi connectivity index (χ2n) is 5.10. The highest BCUT2D eigenvalue weighted by atomic mass is 32.2. The van der Waals surface area contributed by atoms with E-state index in [0.717, 1.165) is 18.8 Å². The standard InChI is InChI=1S/C12H22N4S2/c1-9(2)6-16-12(14-8-15-16)5-10(13)11-7-17-3-4-18-11/h8-11H,3-7,13H2,1-2H3. The summed E-state index contributed by atoms with van der Waals surface area (Å²) in [6.45, 7) is 5.31. The first kappa shape index (κ1) is 14.2. The van der Waals surface area contributed by atoms with Gasteiger partial charge in [-0.05, 0) is 5.92 Å². The van der Waals surface area contributed by atoms with Gasteiger partial charge < -0.3 is 5.73 Å². The lowest BCUT2D eigenvalue weighted by atomic mass is 10.1. The van der Waals surface area contributed by atoms with Gasteiger partial charge in [0.15, 0.2) is 0 Å². The van der Waals surface area contributed by atoms with Crippen LogP contribution in [0.2, 0.25) is 0 Å². The van der Waals surface area contributed by atoms with Gasteiger partial charge in [0, 0.05) is 41.5 Å². The summed E-state index contributed by atoms with van der Waals surface area (Å²) in [6.07, 6.45) is 2.48. The average molecular weight is 286 g/mol. The van der Waals surface area contributed by atoms with Crippen molar-refractivity contribution in [1.82, 2.24) is 14.8 Å². The van der Waals surface area contributed by atoms with Crippen LogP contribution in [0.1, 0.15) is 19.7 Å². The number of nitrogens with zero attached hydrogens (tertiary/aromatic N) is 3. The van der Waals surface area contributed by atoms with Crippen LogP contribution in [0.4, 0.5) is 0 Å². The van der Waals surface area contributed by atoms with Gasteiger partial charge in [0.05, 0.1) is 0 Å². The lowest BCUT2D eigenvalue weighted by Gasteiger charge is -2.26. The summed E-state index contributed by atoms with van der Waals surface area (Å²) in [7, 11) is 0. The smallest absolute Gasteiger partial charge is 0.138 e. The summed E-state index contributed by atoms with van der Waals surface area (Å²) in [5.74, 6) is 5.28. The Labute approximate surface area is 117 Å². The predicted octanol–water partition coefficient (Wildman–Crippen LogP) is 1.65. The van der Waals surface area contributed by atoms with Crippen molar-refractivity contribution in [3.8, 4) is 0 Å². The van der Waals surface area contributed by atoms with E-state index < -0.39 is 0 Å². The summed E-state index contributed by atoms with van der Waals surface area (Å²) >= 11 is 4.02. The summed E-state index contributed by atoms with van der Waals surface area (Å²) < 4.78 is 2.01. The van der Waals surface area contributed by atoms with E-state index in [4.69, 9.17) is 5.73 Å². The molecule has 0 bridgehead atoms. The third kappa shape index (κ3) is 3.90. The molecule has 2 atom stereocenters. The van der Waals surface area contributed by atoms with Crippen molar-refractivity contribution >= 4 is 23.5 Å². The van der Waals surface area contributed by atoms with Crippen molar-refractivity contribution in [1.29, 1.82) is 0 Å². The molecule has 1 fully saturated rings. The number of hydrogen-bond donors (Lipinski definition) is 1. The molecule has 2 N–H and O–H groups in total. The summed E-state index contributed by atoms with van der Waals surface area (Å²) in [4.78, 5) is 4.36. The van der Waals surface area contributed by atoms with Crippen LogP contribution in [0.25, 0.3) is 0 Å². The molecule has 1 aliphatic heterocycles. The Bertz CT molecular complexity index is 361. The molecule has 2 rings (SSSR count). The van der Waals surface area contributed by atoms with Crippen LogP contribution in [-0.4, -0.2) is 43.3 Å². The SMILES string of the molecule is CC(C)Cn1ncnc1CC(N)C1CSCCS1. The lowest BCUT2D eigenvalue weighted by molar-refractivity contribution is 0.458. The molecule has 1 aromatic rings. The molecule has 4 nitrogen and oxygen atoms in total. The van der Waals surface area contributed by atoms with Gasteiger partial charge >= 0.3 is 0 Å². The van der Waals surface area contributed by atoms with Crippen LogP contribution in [0.5, 0.6) is 0 Å². The quantitative estimate of drug-likeness (QED) is 0.892. The second-order valence-corrected chi connectivity index (χ2v) is 7.60. The number of hydrogen-bond acceptors (Lipinski definition) is 5. The maximum atomic E-state index is 6.32. The van der Waals surface area contributed by atoms with E-state index in [1.807, 2.05) is 28.2 Å². The van der Waals surface area contributed by atoms with E-state index in [-0.39, 0.29) is 6.04 Å². The molecule has 1 saturated heterocycles. The van der Waals surface area contributed by atoms with E-state index in [9.17, 15) is 0 Å². The summed E-state index contributed by atoms with van der Waals surface area (Å²) in [6, 6.07) is 0.193. The van der Waals surface area contributed by atoms with Crippen molar-refractivity contribution in [2.45, 2.75) is 38.1 Å². The van der Waals surface area contributed by atoms with Crippen molar-refractivity contribution in [2.75, 3.05) is 17.3 Å². The minimum absolute atomic E-state index is 0.193. The molecule has 18 heavy (non-hydrogen) atoms. The molecule has 1 aliphatic rings. The van der Waals surface area contributed by atoms with Crippen LogP contribution in [-0.2, 0) is 13.0 Å². The molecular formula is C12H22N4S2. The first-order chi connectivity index (χ1) is 8.66. The zero-order chi connectivity index (χ0) is 13.0. The van der Waals surface area contributed by atoms with Gasteiger partial charge in [-0.25, -0.2) is 9.67 Å². The van der Waals surface area contributed by atoms with E-state index in [1.165, 1.54) is 17.3 Å². The highest BCUT2D eigenvalue weighted by Gasteiger charge is 2.23. The number of aromatic nitrogens is 3. The predicted molar refractivity (Wildman–Crippen MR) is 80.1 cm³/mol. The van der Waals surface area contributed by atoms with Crippen LogP contribution < -0.4 is 5.73 Å². The molecule has 0 spiro atoms. The molecule has 0 saturated carbocycles. The minimum atomic E-state index is 0.193. The van der Waals surface area contributed by atoms with Crippen LogP contribution >= 0.6 is 23.5 Å². The maximum Gasteiger partial charge on any atom is 0.138 e. The van der Waals surface area contributed by atoms with E-state index >= 15 is 0 Å².